The second kappa shape index (κ2) is 16.9. The first-order valence-corrected chi connectivity index (χ1v) is 17.0. The highest BCUT2D eigenvalue weighted by Crippen LogP contribution is 2.34. The molecule has 51 heavy (non-hydrogen) atoms. The second-order valence-corrected chi connectivity index (χ2v) is 13.3. The lowest BCUT2D eigenvalue weighted by Crippen LogP contribution is -2.51. The van der Waals surface area contributed by atoms with E-state index in [1.165, 1.54) is 60.6 Å². The highest BCUT2D eigenvalue weighted by molar-refractivity contribution is 6.01. The molecule has 280 valence electrons. The molecule has 1 aliphatic carbocycles. The number of piperidine rings is 1. The summed E-state index contributed by atoms with van der Waals surface area (Å²) in [5, 5.41) is 15.5. The van der Waals surface area contributed by atoms with Crippen molar-refractivity contribution in [2.45, 2.75) is 83.2 Å². The van der Waals surface area contributed by atoms with Gasteiger partial charge in [-0.25, -0.2) is 9.59 Å². The third-order valence-electron chi connectivity index (χ3n) is 9.87. The van der Waals surface area contributed by atoms with Crippen molar-refractivity contribution >= 4 is 28.7 Å². The number of nitrogens with zero attached hydrogens (tertiary/aromatic N) is 3. The summed E-state index contributed by atoms with van der Waals surface area (Å²) < 4.78 is 63.5. The van der Waals surface area contributed by atoms with E-state index in [2.05, 4.69) is 76.0 Å². The zero-order valence-electron chi connectivity index (χ0n) is 28.6. The minimum absolute atomic E-state index is 0.183. The number of para-hydroxylation sites is 1. The number of aromatic nitrogens is 1. The van der Waals surface area contributed by atoms with E-state index in [4.69, 9.17) is 19.8 Å². The van der Waals surface area contributed by atoms with Gasteiger partial charge in [0.2, 0.25) is 0 Å². The Balaban J connectivity index is 0.000000353. The van der Waals surface area contributed by atoms with Crippen LogP contribution in [0.5, 0.6) is 0 Å². The number of likely N-dealkylation sites (tertiary alicyclic amines) is 1. The maximum Gasteiger partial charge on any atom is 0.490 e. The molecule has 2 aromatic carbocycles. The minimum Gasteiger partial charge on any atom is -0.475 e. The van der Waals surface area contributed by atoms with Crippen molar-refractivity contribution in [2.24, 2.45) is 0 Å². The van der Waals surface area contributed by atoms with E-state index in [1.807, 2.05) is 0 Å². The van der Waals surface area contributed by atoms with Crippen LogP contribution in [0, 0.1) is 13.8 Å². The number of aliphatic carboxylic acids is 2. The maximum absolute atomic E-state index is 13.8. The van der Waals surface area contributed by atoms with Crippen molar-refractivity contribution in [3.63, 3.8) is 0 Å². The monoisotopic (exact) mass is 726 g/mol. The number of carboxylic acid groups (broad SMARTS) is 2. The Kier molecular flexibility index (Phi) is 13.2. The molecule has 2 aliphatic heterocycles. The van der Waals surface area contributed by atoms with Gasteiger partial charge in [-0.1, -0.05) is 49.2 Å². The number of alkyl halides is 6. The molecule has 1 saturated carbocycles. The molecule has 3 aromatic rings. The number of H-pyrrole nitrogens is 1. The number of hydrogen-bond donors (Lipinski definition) is 3. The number of carbonyl (C=O) groups excluding carboxylic acids is 1. The molecule has 15 heteroatoms. The number of aryl methyl sites for hydroxylation is 2. The molecule has 9 nitrogen and oxygen atoms in total. The van der Waals surface area contributed by atoms with Crippen LogP contribution < -0.4 is 0 Å². The van der Waals surface area contributed by atoms with Gasteiger partial charge >= 0.3 is 24.3 Å². The molecule has 0 radical (unpaired) electrons. The predicted octanol–water partition coefficient (Wildman–Crippen LogP) is 7.13. The summed E-state index contributed by atoms with van der Waals surface area (Å²) in [7, 11) is 0. The Labute approximate surface area is 292 Å². The van der Waals surface area contributed by atoms with Gasteiger partial charge in [0, 0.05) is 55.2 Å². The average molecular weight is 727 g/mol. The molecule has 6 rings (SSSR count). The van der Waals surface area contributed by atoms with Crippen LogP contribution in [0.2, 0.25) is 0 Å². The van der Waals surface area contributed by atoms with Gasteiger partial charge in [-0.05, 0) is 81.3 Å². The van der Waals surface area contributed by atoms with Gasteiger partial charge in [-0.2, -0.15) is 26.3 Å². The third-order valence-corrected chi connectivity index (χ3v) is 9.87. The minimum atomic E-state index is -5.08. The number of aromatic amines is 1. The van der Waals surface area contributed by atoms with Gasteiger partial charge < -0.3 is 20.1 Å². The first-order valence-electron chi connectivity index (χ1n) is 17.0. The normalized spacial score (nSPS) is 18.2. The Hall–Kier alpha value is -4.11. The second-order valence-electron chi connectivity index (χ2n) is 13.3. The number of rotatable bonds is 5. The first kappa shape index (κ1) is 39.7. The number of benzene rings is 2. The molecule has 3 aliphatic rings. The van der Waals surface area contributed by atoms with E-state index in [-0.39, 0.29) is 5.91 Å². The van der Waals surface area contributed by atoms with E-state index in [0.717, 1.165) is 63.1 Å². The Morgan fingerprint density at radius 3 is 1.76 bits per heavy atom. The van der Waals surface area contributed by atoms with Gasteiger partial charge in [0.1, 0.15) is 5.69 Å². The summed E-state index contributed by atoms with van der Waals surface area (Å²) in [6, 6.07) is 15.9. The standard InChI is InChI=1S/C32H42N4O.2C2HF3O2/c1-23-8-7-9-24(2)30(23)25-14-16-34(17-15-25)22-28-27-12-5-6-13-29(27)33-31(28)32(37)36-20-18-35(19-21-36)26-10-3-4-11-26;2*3-2(4,5)1(6)7/h5-9,12-13,25-26,33H,3-4,10-11,14-22H2,1-2H3;2*(H,6,7). The average Bonchev–Trinajstić information content (AvgIpc) is 3.74. The maximum atomic E-state index is 13.8. The molecule has 0 unspecified atom stereocenters. The molecule has 0 atom stereocenters. The Morgan fingerprint density at radius 1 is 0.745 bits per heavy atom. The van der Waals surface area contributed by atoms with Crippen molar-refractivity contribution in [2.75, 3.05) is 39.3 Å². The van der Waals surface area contributed by atoms with Crippen molar-refractivity contribution in [3.05, 3.63) is 70.4 Å². The van der Waals surface area contributed by atoms with Gasteiger partial charge in [0.15, 0.2) is 0 Å². The number of fused-ring (bicyclic) bond motifs is 1. The van der Waals surface area contributed by atoms with E-state index in [9.17, 15) is 31.1 Å². The number of amides is 1. The van der Waals surface area contributed by atoms with Gasteiger partial charge in [-0.15, -0.1) is 0 Å². The lowest BCUT2D eigenvalue weighted by atomic mass is 9.84. The van der Waals surface area contributed by atoms with Crippen molar-refractivity contribution < 1.29 is 50.9 Å². The summed E-state index contributed by atoms with van der Waals surface area (Å²) in [5.74, 6) is -4.69. The van der Waals surface area contributed by atoms with Crippen molar-refractivity contribution in [1.82, 2.24) is 19.7 Å². The smallest absolute Gasteiger partial charge is 0.475 e. The van der Waals surface area contributed by atoms with Gasteiger partial charge in [0.05, 0.1) is 0 Å². The summed E-state index contributed by atoms with van der Waals surface area (Å²) >= 11 is 0. The summed E-state index contributed by atoms with van der Waals surface area (Å²) in [5.41, 5.74) is 7.49. The van der Waals surface area contributed by atoms with E-state index in [0.29, 0.717) is 5.92 Å². The predicted molar refractivity (Wildman–Crippen MR) is 179 cm³/mol. The molecule has 2 saturated heterocycles. The Bertz CT molecular complexity index is 1610. The topological polar surface area (TPSA) is 117 Å². The van der Waals surface area contributed by atoms with Gasteiger partial charge in [-0.3, -0.25) is 14.6 Å². The molecule has 0 spiro atoms. The molecular formula is C36H44F6N4O5. The fourth-order valence-corrected chi connectivity index (χ4v) is 7.34. The largest absolute Gasteiger partial charge is 0.490 e. The fourth-order valence-electron chi connectivity index (χ4n) is 7.34. The van der Waals surface area contributed by atoms with Crippen LogP contribution in [-0.2, 0) is 16.1 Å². The summed E-state index contributed by atoms with van der Waals surface area (Å²) in [6.45, 7) is 11.2. The zero-order chi connectivity index (χ0) is 37.5. The van der Waals surface area contributed by atoms with Crippen molar-refractivity contribution in [3.8, 4) is 0 Å². The highest BCUT2D eigenvalue weighted by atomic mass is 19.4. The van der Waals surface area contributed by atoms with Crippen LogP contribution in [0.25, 0.3) is 10.9 Å². The van der Waals surface area contributed by atoms with E-state index >= 15 is 0 Å². The van der Waals surface area contributed by atoms with Crippen LogP contribution in [0.15, 0.2) is 42.5 Å². The fraction of sp³-hybridized carbons (Fsp3) is 0.528. The number of carboxylic acids is 2. The quantitative estimate of drug-likeness (QED) is 0.240. The van der Waals surface area contributed by atoms with Crippen LogP contribution in [0.4, 0.5) is 26.3 Å². The van der Waals surface area contributed by atoms with Gasteiger partial charge in [0.25, 0.3) is 5.91 Å². The summed E-state index contributed by atoms with van der Waals surface area (Å²) in [4.78, 5) is 42.4. The lowest BCUT2D eigenvalue weighted by Gasteiger charge is -2.38. The lowest BCUT2D eigenvalue weighted by molar-refractivity contribution is -0.193. The molecule has 3 N–H and O–H groups in total. The van der Waals surface area contributed by atoms with Crippen LogP contribution in [0.1, 0.15) is 77.2 Å². The SMILES string of the molecule is Cc1cccc(C)c1C1CCN(Cc2c(C(=O)N3CCN(C4CCCC4)CC3)[nH]c3ccccc23)CC1.O=C(O)C(F)(F)F.O=C(O)C(F)(F)F. The molecule has 3 fully saturated rings. The number of nitrogens with one attached hydrogen (secondary N) is 1. The summed E-state index contributed by atoms with van der Waals surface area (Å²) in [6.07, 6.45) is -2.41. The number of halogens is 6. The molecule has 3 heterocycles. The molecular weight excluding hydrogens is 682 g/mol. The molecule has 0 bridgehead atoms. The molecule has 1 aromatic heterocycles. The third kappa shape index (κ3) is 10.5. The molecule has 1 amide bonds. The van der Waals surface area contributed by atoms with E-state index in [1.54, 1.807) is 5.56 Å². The van der Waals surface area contributed by atoms with Crippen LogP contribution in [0.3, 0.4) is 0 Å². The van der Waals surface area contributed by atoms with Crippen LogP contribution >= 0.6 is 0 Å². The number of piperazine rings is 1. The number of carbonyl (C=O) groups is 3. The first-order chi connectivity index (χ1) is 24.0. The van der Waals surface area contributed by atoms with E-state index < -0.39 is 24.3 Å². The highest BCUT2D eigenvalue weighted by Gasteiger charge is 2.39. The number of hydrogen-bond acceptors (Lipinski definition) is 5. The van der Waals surface area contributed by atoms with Crippen LogP contribution in [-0.4, -0.2) is 105 Å². The zero-order valence-corrected chi connectivity index (χ0v) is 28.6. The Morgan fingerprint density at radius 2 is 1.25 bits per heavy atom. The van der Waals surface area contributed by atoms with Crippen molar-refractivity contribution in [1.29, 1.82) is 0 Å².